The van der Waals surface area contributed by atoms with E-state index in [1.54, 1.807) is 24.3 Å². The van der Waals surface area contributed by atoms with E-state index in [4.69, 9.17) is 11.0 Å². The molecule has 20 heavy (non-hydrogen) atoms. The highest BCUT2D eigenvalue weighted by molar-refractivity contribution is 7.84. The van der Waals surface area contributed by atoms with E-state index < -0.39 is 16.6 Å². The molecule has 0 spiro atoms. The van der Waals surface area contributed by atoms with E-state index in [-0.39, 0.29) is 11.3 Å². The lowest BCUT2D eigenvalue weighted by Crippen LogP contribution is -2.01. The van der Waals surface area contributed by atoms with Crippen molar-refractivity contribution >= 4 is 16.5 Å². The Morgan fingerprint density at radius 2 is 2.05 bits per heavy atom. The zero-order chi connectivity index (χ0) is 14.7. The summed E-state index contributed by atoms with van der Waals surface area (Å²) in [5.41, 5.74) is 7.85. The molecule has 0 fully saturated rings. The van der Waals surface area contributed by atoms with Crippen molar-refractivity contribution in [2.24, 2.45) is 0 Å². The quantitative estimate of drug-likeness (QED) is 0.883. The number of nitrogens with zero attached hydrogens (tertiary/aromatic N) is 1. The van der Waals surface area contributed by atoms with Gasteiger partial charge in [-0.25, -0.2) is 4.39 Å². The molecule has 0 aromatic heterocycles. The SMILES string of the molecule is Cc1ccc(N)cc1S(=O)Cc1cc(F)cc(C#N)c1. The summed E-state index contributed by atoms with van der Waals surface area (Å²) in [4.78, 5) is 0.632. The van der Waals surface area contributed by atoms with Crippen molar-refractivity contribution in [3.63, 3.8) is 0 Å². The molecule has 0 aliphatic carbocycles. The number of halogens is 1. The number of nitrogens with two attached hydrogens (primary N) is 1. The smallest absolute Gasteiger partial charge is 0.124 e. The highest BCUT2D eigenvalue weighted by Crippen LogP contribution is 2.20. The Balaban J connectivity index is 2.30. The normalized spacial score (nSPS) is 11.8. The van der Waals surface area contributed by atoms with E-state index in [1.165, 1.54) is 6.07 Å². The molecule has 0 saturated heterocycles. The van der Waals surface area contributed by atoms with Crippen LogP contribution in [0.25, 0.3) is 0 Å². The van der Waals surface area contributed by atoms with Gasteiger partial charge < -0.3 is 5.73 Å². The minimum atomic E-state index is -1.33. The molecule has 0 radical (unpaired) electrons. The van der Waals surface area contributed by atoms with Crippen molar-refractivity contribution < 1.29 is 8.60 Å². The van der Waals surface area contributed by atoms with Gasteiger partial charge in [-0.15, -0.1) is 0 Å². The number of nitrogen functional groups attached to an aromatic ring is 1. The summed E-state index contributed by atoms with van der Waals surface area (Å²) >= 11 is 0. The number of rotatable bonds is 3. The molecule has 0 aliphatic heterocycles. The van der Waals surface area contributed by atoms with Gasteiger partial charge in [0.1, 0.15) is 5.82 Å². The van der Waals surface area contributed by atoms with Gasteiger partial charge in [0.25, 0.3) is 0 Å². The molecule has 0 heterocycles. The summed E-state index contributed by atoms with van der Waals surface area (Å²) < 4.78 is 25.7. The first-order valence-electron chi connectivity index (χ1n) is 5.93. The van der Waals surface area contributed by atoms with E-state index in [0.29, 0.717) is 16.1 Å². The predicted octanol–water partition coefficient (Wildman–Crippen LogP) is 2.90. The van der Waals surface area contributed by atoms with Crippen LogP contribution in [0, 0.1) is 24.1 Å². The third kappa shape index (κ3) is 3.22. The number of nitriles is 1. The first-order valence-corrected chi connectivity index (χ1v) is 7.25. The summed E-state index contributed by atoms with van der Waals surface area (Å²) in [6.45, 7) is 1.85. The molecule has 1 unspecified atom stereocenters. The van der Waals surface area contributed by atoms with Crippen LogP contribution in [0.2, 0.25) is 0 Å². The number of hydrogen-bond acceptors (Lipinski definition) is 3. The maximum atomic E-state index is 13.3. The van der Waals surface area contributed by atoms with Gasteiger partial charge in [-0.1, -0.05) is 6.07 Å². The first kappa shape index (κ1) is 14.2. The number of benzene rings is 2. The summed E-state index contributed by atoms with van der Waals surface area (Å²) in [5.74, 6) is -0.350. The third-order valence-electron chi connectivity index (χ3n) is 2.84. The van der Waals surface area contributed by atoms with Gasteiger partial charge in [-0.2, -0.15) is 5.26 Å². The second-order valence-electron chi connectivity index (χ2n) is 4.47. The Morgan fingerprint density at radius 1 is 1.30 bits per heavy atom. The average molecular weight is 288 g/mol. The minimum absolute atomic E-state index is 0.150. The fourth-order valence-corrected chi connectivity index (χ4v) is 3.21. The van der Waals surface area contributed by atoms with Crippen LogP contribution >= 0.6 is 0 Å². The van der Waals surface area contributed by atoms with Crippen LogP contribution < -0.4 is 5.73 Å². The van der Waals surface area contributed by atoms with Gasteiger partial charge >= 0.3 is 0 Å². The second kappa shape index (κ2) is 5.85. The van der Waals surface area contributed by atoms with Gasteiger partial charge in [0.2, 0.25) is 0 Å². The summed E-state index contributed by atoms with van der Waals surface area (Å²) in [7, 11) is -1.33. The third-order valence-corrected chi connectivity index (χ3v) is 4.37. The van der Waals surface area contributed by atoms with Crippen molar-refractivity contribution in [3.05, 3.63) is 58.9 Å². The second-order valence-corrected chi connectivity index (χ2v) is 5.89. The predicted molar refractivity (Wildman–Crippen MR) is 76.8 cm³/mol. The highest BCUT2D eigenvalue weighted by Gasteiger charge is 2.10. The molecule has 2 aromatic rings. The van der Waals surface area contributed by atoms with E-state index in [2.05, 4.69) is 0 Å². The molecule has 3 nitrogen and oxygen atoms in total. The first-order chi connectivity index (χ1) is 9.49. The van der Waals surface area contributed by atoms with E-state index in [0.717, 1.165) is 11.6 Å². The van der Waals surface area contributed by atoms with Crippen molar-refractivity contribution in [2.75, 3.05) is 5.73 Å². The number of anilines is 1. The number of hydrogen-bond donors (Lipinski definition) is 1. The summed E-state index contributed by atoms with van der Waals surface area (Å²) in [5, 5.41) is 8.81. The fraction of sp³-hybridized carbons (Fsp3) is 0.133. The van der Waals surface area contributed by atoms with E-state index in [9.17, 15) is 8.60 Å². The van der Waals surface area contributed by atoms with Crippen LogP contribution in [0.1, 0.15) is 16.7 Å². The Kier molecular flexibility index (Phi) is 4.16. The Hall–Kier alpha value is -2.19. The van der Waals surface area contributed by atoms with Crippen molar-refractivity contribution in [2.45, 2.75) is 17.6 Å². The van der Waals surface area contributed by atoms with Crippen LogP contribution in [-0.4, -0.2) is 4.21 Å². The lowest BCUT2D eigenvalue weighted by atomic mass is 10.1. The van der Waals surface area contributed by atoms with Crippen LogP contribution in [0.5, 0.6) is 0 Å². The maximum Gasteiger partial charge on any atom is 0.124 e. The molecule has 0 aliphatic rings. The fourth-order valence-electron chi connectivity index (χ4n) is 1.89. The lowest BCUT2D eigenvalue weighted by molar-refractivity contribution is 0.625. The Bertz CT molecular complexity index is 722. The van der Waals surface area contributed by atoms with Crippen LogP contribution in [0.15, 0.2) is 41.3 Å². The molecule has 0 amide bonds. The number of aryl methyl sites for hydroxylation is 1. The standard InChI is InChI=1S/C15H13FN2OS/c1-10-2-3-14(18)7-15(10)20(19)9-12-4-11(8-17)5-13(16)6-12/h2-7H,9,18H2,1H3. The molecule has 2 aromatic carbocycles. The molecule has 2 N–H and O–H groups in total. The van der Waals surface area contributed by atoms with Crippen molar-refractivity contribution in [3.8, 4) is 6.07 Å². The maximum absolute atomic E-state index is 13.3. The largest absolute Gasteiger partial charge is 0.399 e. The van der Waals surface area contributed by atoms with Crippen LogP contribution in [0.4, 0.5) is 10.1 Å². The molecule has 0 bridgehead atoms. The van der Waals surface area contributed by atoms with Crippen molar-refractivity contribution in [1.82, 2.24) is 0 Å². The van der Waals surface area contributed by atoms with Gasteiger partial charge in [0.05, 0.1) is 28.2 Å². The van der Waals surface area contributed by atoms with Crippen LogP contribution in [-0.2, 0) is 16.6 Å². The zero-order valence-corrected chi connectivity index (χ0v) is 11.7. The molecular formula is C15H13FN2OS. The minimum Gasteiger partial charge on any atom is -0.399 e. The summed E-state index contributed by atoms with van der Waals surface area (Å²) in [6.07, 6.45) is 0. The van der Waals surface area contributed by atoms with E-state index >= 15 is 0 Å². The molecule has 1 atom stereocenters. The Morgan fingerprint density at radius 3 is 2.75 bits per heavy atom. The van der Waals surface area contributed by atoms with Gasteiger partial charge in [-0.05, 0) is 48.4 Å². The lowest BCUT2D eigenvalue weighted by Gasteiger charge is -2.07. The molecule has 5 heteroatoms. The van der Waals surface area contributed by atoms with Crippen molar-refractivity contribution in [1.29, 1.82) is 5.26 Å². The van der Waals surface area contributed by atoms with E-state index in [1.807, 2.05) is 13.0 Å². The zero-order valence-electron chi connectivity index (χ0n) is 10.9. The van der Waals surface area contributed by atoms with Gasteiger partial charge in [0, 0.05) is 10.6 Å². The monoisotopic (exact) mass is 288 g/mol. The summed E-state index contributed by atoms with van der Waals surface area (Å²) in [6, 6.07) is 11.1. The topological polar surface area (TPSA) is 66.9 Å². The molecule has 0 saturated carbocycles. The van der Waals surface area contributed by atoms with Gasteiger partial charge in [-0.3, -0.25) is 4.21 Å². The van der Waals surface area contributed by atoms with Gasteiger partial charge in [0.15, 0.2) is 0 Å². The molecule has 102 valence electrons. The molecule has 2 rings (SSSR count). The Labute approximate surface area is 119 Å². The molecular weight excluding hydrogens is 275 g/mol. The highest BCUT2D eigenvalue weighted by atomic mass is 32.2. The average Bonchev–Trinajstić information content (AvgIpc) is 2.40. The van der Waals surface area contributed by atoms with Crippen LogP contribution in [0.3, 0.4) is 0 Å².